The van der Waals surface area contributed by atoms with Crippen molar-refractivity contribution in [2.45, 2.75) is 37.8 Å². The summed E-state index contributed by atoms with van der Waals surface area (Å²) in [6, 6.07) is 27.7. The van der Waals surface area contributed by atoms with Crippen LogP contribution in [0.1, 0.15) is 58.0 Å². The Hall–Kier alpha value is -3.64. The van der Waals surface area contributed by atoms with Crippen molar-refractivity contribution in [3.63, 3.8) is 0 Å². The van der Waals surface area contributed by atoms with Crippen LogP contribution in [0.4, 0.5) is 5.69 Å². The Balaban J connectivity index is 1.70. The largest absolute Gasteiger partial charge is 0.323 e. The van der Waals surface area contributed by atoms with Crippen LogP contribution < -0.4 is 5.32 Å². The van der Waals surface area contributed by atoms with Gasteiger partial charge in [0.25, 0.3) is 11.8 Å². The summed E-state index contributed by atoms with van der Waals surface area (Å²) in [4.78, 5) is 46.0. The van der Waals surface area contributed by atoms with Crippen LogP contribution in [0, 0.1) is 11.8 Å². The maximum Gasteiger partial charge on any atom is 0.255 e. The first-order chi connectivity index (χ1) is 20.6. The molecule has 0 aliphatic carbocycles. The van der Waals surface area contributed by atoms with E-state index in [9.17, 15) is 14.4 Å². The first-order valence-corrected chi connectivity index (χ1v) is 15.3. The average molecular weight is 632 g/mol. The lowest BCUT2D eigenvalue weighted by molar-refractivity contribution is -0.127. The summed E-state index contributed by atoms with van der Waals surface area (Å²) in [5.74, 6) is -2.44. The monoisotopic (exact) mass is 630 g/mol. The van der Waals surface area contributed by atoms with Gasteiger partial charge in [0.05, 0.1) is 5.92 Å². The van der Waals surface area contributed by atoms with Crippen LogP contribution in [-0.2, 0) is 10.3 Å². The predicted octanol–water partition coefficient (Wildman–Crippen LogP) is 8.65. The second-order valence-corrected chi connectivity index (χ2v) is 12.9. The number of carbonyl (C=O) groups is 3. The van der Waals surface area contributed by atoms with E-state index in [0.717, 1.165) is 5.56 Å². The lowest BCUT2D eigenvalue weighted by Crippen LogP contribution is -2.56. The maximum atomic E-state index is 14.9. The number of rotatable bonds is 6. The first-order valence-electron chi connectivity index (χ1n) is 14.2. The third-order valence-electron chi connectivity index (χ3n) is 8.50. The predicted molar refractivity (Wildman–Crippen MR) is 171 cm³/mol. The molecule has 1 saturated heterocycles. The van der Waals surface area contributed by atoms with E-state index in [1.807, 2.05) is 36.4 Å². The summed E-state index contributed by atoms with van der Waals surface area (Å²) in [7, 11) is 0. The third kappa shape index (κ3) is 4.94. The van der Waals surface area contributed by atoms with Crippen molar-refractivity contribution >= 4 is 58.1 Å². The molecule has 43 heavy (non-hydrogen) atoms. The van der Waals surface area contributed by atoms with Gasteiger partial charge in [-0.3, -0.25) is 14.4 Å². The van der Waals surface area contributed by atoms with Crippen molar-refractivity contribution in [1.29, 1.82) is 0 Å². The molecule has 2 heterocycles. The number of nitrogens with one attached hydrogen (secondary N) is 1. The molecule has 4 aromatic carbocycles. The number of halogens is 3. The molecule has 4 atom stereocenters. The minimum Gasteiger partial charge on any atom is -0.323 e. The normalized spacial score (nSPS) is 22.6. The number of hydrogen-bond acceptors (Lipinski definition) is 3. The number of para-hydroxylation sites is 1. The summed E-state index contributed by atoms with van der Waals surface area (Å²) < 4.78 is 0. The number of benzene rings is 4. The second kappa shape index (κ2) is 11.5. The van der Waals surface area contributed by atoms with Crippen LogP contribution >= 0.6 is 34.8 Å². The van der Waals surface area contributed by atoms with Gasteiger partial charge in [-0.2, -0.15) is 0 Å². The highest BCUT2D eigenvalue weighted by atomic mass is 35.5. The number of hydrogen-bond donors (Lipinski definition) is 1. The fraction of sp³-hybridized carbons (Fsp3) is 0.229. The molecule has 6 rings (SSSR count). The topological polar surface area (TPSA) is 66.5 Å². The molecule has 0 bridgehead atoms. The molecular formula is C35H29Cl3N2O3. The van der Waals surface area contributed by atoms with Crippen molar-refractivity contribution in [2.24, 2.45) is 11.8 Å². The Labute approximate surface area is 265 Å². The van der Waals surface area contributed by atoms with Gasteiger partial charge in [0.2, 0.25) is 0 Å². The molecule has 0 saturated carbocycles. The number of ketones is 1. The van der Waals surface area contributed by atoms with Gasteiger partial charge in [0, 0.05) is 49.4 Å². The summed E-state index contributed by atoms with van der Waals surface area (Å²) in [6.45, 7) is 4.14. The van der Waals surface area contributed by atoms with Crippen LogP contribution in [-0.4, -0.2) is 28.5 Å². The van der Waals surface area contributed by atoms with E-state index in [-0.39, 0.29) is 17.3 Å². The van der Waals surface area contributed by atoms with Gasteiger partial charge >= 0.3 is 0 Å². The molecule has 1 N–H and O–H groups in total. The van der Waals surface area contributed by atoms with Gasteiger partial charge in [-0.05, 0) is 54.3 Å². The number of fused-ring (bicyclic) bond motifs is 2. The molecule has 4 aromatic rings. The molecular weight excluding hydrogens is 603 g/mol. The van der Waals surface area contributed by atoms with E-state index in [1.54, 1.807) is 65.6 Å². The van der Waals surface area contributed by atoms with E-state index < -0.39 is 35.2 Å². The summed E-state index contributed by atoms with van der Waals surface area (Å²) in [5.41, 5.74) is 1.03. The van der Waals surface area contributed by atoms with Crippen LogP contribution in [0.2, 0.25) is 15.1 Å². The number of nitrogens with zero attached hydrogens (tertiary/aromatic N) is 1. The molecule has 8 heteroatoms. The van der Waals surface area contributed by atoms with E-state index in [2.05, 4.69) is 19.2 Å². The van der Waals surface area contributed by atoms with Crippen LogP contribution in [0.25, 0.3) is 0 Å². The smallest absolute Gasteiger partial charge is 0.255 e. The fourth-order valence-electron chi connectivity index (χ4n) is 6.96. The fourth-order valence-corrected chi connectivity index (χ4v) is 7.61. The average Bonchev–Trinajstić information content (AvgIpc) is 3.43. The van der Waals surface area contributed by atoms with Crippen molar-refractivity contribution in [3.05, 3.63) is 134 Å². The minimum absolute atomic E-state index is 0.125. The van der Waals surface area contributed by atoms with Crippen molar-refractivity contribution < 1.29 is 14.4 Å². The summed E-state index contributed by atoms with van der Waals surface area (Å²) in [5, 5.41) is 4.17. The molecule has 2 amide bonds. The maximum absolute atomic E-state index is 14.9. The van der Waals surface area contributed by atoms with Gasteiger partial charge in [0.1, 0.15) is 0 Å². The molecule has 0 radical (unpaired) electrons. The quantitative estimate of drug-likeness (QED) is 0.217. The number of carbonyl (C=O) groups excluding carboxylic acids is 3. The highest BCUT2D eigenvalue weighted by Crippen LogP contribution is 2.60. The molecule has 2 aliphatic rings. The van der Waals surface area contributed by atoms with Gasteiger partial charge in [-0.15, -0.1) is 0 Å². The Bertz CT molecular complexity index is 1700. The Morgan fingerprint density at radius 2 is 1.44 bits per heavy atom. The summed E-state index contributed by atoms with van der Waals surface area (Å²) >= 11 is 19.1. The Morgan fingerprint density at radius 1 is 0.814 bits per heavy atom. The first kappa shape index (κ1) is 29.4. The van der Waals surface area contributed by atoms with Crippen molar-refractivity contribution in [1.82, 2.24) is 4.90 Å². The molecule has 0 aromatic heterocycles. The number of Topliss-reactive ketones (excluding diaryl/α,β-unsaturated/α-hetero) is 1. The lowest BCUT2D eigenvalue weighted by Gasteiger charge is -2.39. The SMILES string of the molecule is CC(C)CC1C(c2ccc(Cl)cc2)C(C(=O)c2ccccc2)C2(C(=O)Nc3ccccc32)N1C(=O)c1cc(Cl)cc(Cl)c1. The third-order valence-corrected chi connectivity index (χ3v) is 9.19. The molecule has 5 nitrogen and oxygen atoms in total. The molecule has 218 valence electrons. The van der Waals surface area contributed by atoms with E-state index in [0.29, 0.717) is 38.3 Å². The van der Waals surface area contributed by atoms with Crippen LogP contribution in [0.3, 0.4) is 0 Å². The second-order valence-electron chi connectivity index (χ2n) is 11.6. The Kier molecular flexibility index (Phi) is 7.84. The number of anilines is 1. The lowest BCUT2D eigenvalue weighted by atomic mass is 9.69. The van der Waals surface area contributed by atoms with Gasteiger partial charge in [-0.1, -0.05) is 109 Å². The number of amides is 2. The number of likely N-dealkylation sites (tertiary alicyclic amines) is 1. The molecule has 1 fully saturated rings. The zero-order chi connectivity index (χ0) is 30.5. The van der Waals surface area contributed by atoms with Gasteiger partial charge in [-0.25, -0.2) is 0 Å². The van der Waals surface area contributed by atoms with E-state index >= 15 is 0 Å². The Morgan fingerprint density at radius 3 is 2.09 bits per heavy atom. The zero-order valence-corrected chi connectivity index (χ0v) is 25.8. The van der Waals surface area contributed by atoms with Crippen molar-refractivity contribution in [2.75, 3.05) is 5.32 Å². The summed E-state index contributed by atoms with van der Waals surface area (Å²) in [6.07, 6.45) is 0.531. The highest BCUT2D eigenvalue weighted by Gasteiger charge is 2.70. The van der Waals surface area contributed by atoms with E-state index in [4.69, 9.17) is 34.8 Å². The van der Waals surface area contributed by atoms with Crippen LogP contribution in [0.5, 0.6) is 0 Å². The molecule has 4 unspecified atom stereocenters. The minimum atomic E-state index is -1.65. The highest BCUT2D eigenvalue weighted by molar-refractivity contribution is 6.35. The van der Waals surface area contributed by atoms with E-state index in [1.165, 1.54) is 0 Å². The van der Waals surface area contributed by atoms with Gasteiger partial charge < -0.3 is 10.2 Å². The zero-order valence-electron chi connectivity index (χ0n) is 23.6. The van der Waals surface area contributed by atoms with Crippen molar-refractivity contribution in [3.8, 4) is 0 Å². The van der Waals surface area contributed by atoms with Gasteiger partial charge in [0.15, 0.2) is 11.3 Å². The molecule has 1 spiro atoms. The van der Waals surface area contributed by atoms with Crippen LogP contribution in [0.15, 0.2) is 97.1 Å². The molecule has 2 aliphatic heterocycles. The standard InChI is InChI=1S/C35H29Cl3N2O3/c1-20(2)16-29-30(21-12-14-24(36)15-13-21)31(32(41)22-8-4-3-5-9-22)35(27-10-6-7-11-28(27)39-34(35)43)40(29)33(42)23-17-25(37)19-26(38)18-23/h3-15,17-20,29-31H,16H2,1-2H3,(H,39,43).